The van der Waals surface area contributed by atoms with Gasteiger partial charge in [-0.3, -0.25) is 0 Å². The third kappa shape index (κ3) is 4.51. The number of ether oxygens (including phenoxy) is 1. The minimum atomic E-state index is -0.439. The molecule has 4 nitrogen and oxygen atoms in total. The standard InChI is InChI=1S/C21H22N2O2/c1-2-18-13-14-19(22-18)20(17-11-7-4-8-12-17)23-21(24)25-15-16-9-5-3-6-10-16/h3-14,20,22H,2,15H2,1H3,(H,23,24). The van der Waals surface area contributed by atoms with Gasteiger partial charge in [-0.05, 0) is 29.7 Å². The van der Waals surface area contributed by atoms with Gasteiger partial charge in [0.25, 0.3) is 0 Å². The zero-order valence-corrected chi connectivity index (χ0v) is 14.2. The summed E-state index contributed by atoms with van der Waals surface area (Å²) in [4.78, 5) is 15.7. The second-order valence-electron chi connectivity index (χ2n) is 5.84. The van der Waals surface area contributed by atoms with Crippen LogP contribution in [0.2, 0.25) is 0 Å². The Kier molecular flexibility index (Phi) is 5.52. The van der Waals surface area contributed by atoms with E-state index in [1.807, 2.05) is 72.8 Å². The molecule has 4 heteroatoms. The molecule has 25 heavy (non-hydrogen) atoms. The number of H-pyrrole nitrogens is 1. The van der Waals surface area contributed by atoms with Gasteiger partial charge in [0.05, 0.1) is 6.04 Å². The maximum Gasteiger partial charge on any atom is 0.408 e. The number of amides is 1. The molecule has 1 amide bonds. The topological polar surface area (TPSA) is 54.1 Å². The van der Waals surface area contributed by atoms with Gasteiger partial charge in [0.2, 0.25) is 0 Å². The Morgan fingerprint density at radius 2 is 1.68 bits per heavy atom. The Bertz CT molecular complexity index is 797. The predicted octanol–water partition coefficient (Wildman–Crippen LogP) is 4.59. The van der Waals surface area contributed by atoms with Crippen LogP contribution in [-0.2, 0) is 17.8 Å². The van der Waals surface area contributed by atoms with Crippen molar-refractivity contribution in [3.05, 3.63) is 95.3 Å². The average molecular weight is 334 g/mol. The van der Waals surface area contributed by atoms with Crippen molar-refractivity contribution in [1.82, 2.24) is 10.3 Å². The molecule has 1 aromatic heterocycles. The van der Waals surface area contributed by atoms with Crippen molar-refractivity contribution in [2.24, 2.45) is 0 Å². The van der Waals surface area contributed by atoms with Crippen LogP contribution in [0.15, 0.2) is 72.8 Å². The van der Waals surface area contributed by atoms with Crippen molar-refractivity contribution in [3.8, 4) is 0 Å². The van der Waals surface area contributed by atoms with Crippen molar-refractivity contribution in [3.63, 3.8) is 0 Å². The first kappa shape index (κ1) is 16.8. The molecule has 0 bridgehead atoms. The summed E-state index contributed by atoms with van der Waals surface area (Å²) in [6.07, 6.45) is 0.477. The summed E-state index contributed by atoms with van der Waals surface area (Å²) >= 11 is 0. The molecule has 0 aliphatic rings. The van der Waals surface area contributed by atoms with Crippen LogP contribution < -0.4 is 5.32 Å². The minimum Gasteiger partial charge on any atom is -0.445 e. The number of carbonyl (C=O) groups is 1. The zero-order valence-electron chi connectivity index (χ0n) is 14.2. The highest BCUT2D eigenvalue weighted by Crippen LogP contribution is 2.22. The van der Waals surface area contributed by atoms with Crippen molar-refractivity contribution < 1.29 is 9.53 Å². The maximum atomic E-state index is 12.3. The molecular weight excluding hydrogens is 312 g/mol. The second-order valence-corrected chi connectivity index (χ2v) is 5.84. The summed E-state index contributed by atoms with van der Waals surface area (Å²) in [5.41, 5.74) is 4.04. The second kappa shape index (κ2) is 8.20. The van der Waals surface area contributed by atoms with Gasteiger partial charge >= 0.3 is 6.09 Å². The molecule has 1 unspecified atom stereocenters. The van der Waals surface area contributed by atoms with Gasteiger partial charge in [-0.2, -0.15) is 0 Å². The summed E-state index contributed by atoms with van der Waals surface area (Å²) in [7, 11) is 0. The van der Waals surface area contributed by atoms with Gasteiger partial charge in [0.1, 0.15) is 6.61 Å². The Balaban J connectivity index is 1.72. The number of aromatic amines is 1. The van der Waals surface area contributed by atoms with Crippen molar-refractivity contribution in [2.75, 3.05) is 0 Å². The molecule has 2 N–H and O–H groups in total. The molecule has 0 aliphatic heterocycles. The number of aromatic nitrogens is 1. The van der Waals surface area contributed by atoms with Gasteiger partial charge in [-0.1, -0.05) is 67.6 Å². The van der Waals surface area contributed by atoms with Crippen LogP contribution in [0, 0.1) is 0 Å². The fraction of sp³-hybridized carbons (Fsp3) is 0.190. The van der Waals surface area contributed by atoms with Gasteiger partial charge in [0, 0.05) is 11.4 Å². The fourth-order valence-corrected chi connectivity index (χ4v) is 2.70. The minimum absolute atomic E-state index is 0.249. The van der Waals surface area contributed by atoms with Gasteiger partial charge in [-0.25, -0.2) is 4.79 Å². The molecule has 3 aromatic rings. The number of carbonyl (C=O) groups excluding carboxylic acids is 1. The number of aryl methyl sites for hydroxylation is 1. The monoisotopic (exact) mass is 334 g/mol. The van der Waals surface area contributed by atoms with E-state index >= 15 is 0 Å². The van der Waals surface area contributed by atoms with Crippen LogP contribution in [0.25, 0.3) is 0 Å². The molecule has 1 heterocycles. The summed E-state index contributed by atoms with van der Waals surface area (Å²) in [5.74, 6) is 0. The Labute approximate surface area is 147 Å². The van der Waals surface area contributed by atoms with E-state index in [0.717, 1.165) is 28.9 Å². The molecule has 0 aliphatic carbocycles. The molecule has 0 saturated carbocycles. The zero-order chi connectivity index (χ0) is 17.5. The lowest BCUT2D eigenvalue weighted by Gasteiger charge is -2.18. The van der Waals surface area contributed by atoms with E-state index in [-0.39, 0.29) is 12.6 Å². The largest absolute Gasteiger partial charge is 0.445 e. The highest BCUT2D eigenvalue weighted by molar-refractivity contribution is 5.68. The van der Waals surface area contributed by atoms with E-state index in [1.165, 1.54) is 0 Å². The lowest BCUT2D eigenvalue weighted by atomic mass is 10.0. The van der Waals surface area contributed by atoms with Crippen LogP contribution in [0.3, 0.4) is 0 Å². The molecule has 1 atom stereocenters. The first-order valence-electron chi connectivity index (χ1n) is 8.46. The predicted molar refractivity (Wildman–Crippen MR) is 98.2 cm³/mol. The SMILES string of the molecule is CCc1ccc(C(NC(=O)OCc2ccccc2)c2ccccc2)[nH]1. The molecule has 3 rings (SSSR count). The molecule has 128 valence electrons. The number of benzene rings is 2. The summed E-state index contributed by atoms with van der Waals surface area (Å²) in [5, 5.41) is 2.96. The Morgan fingerprint density at radius 1 is 1.00 bits per heavy atom. The number of rotatable bonds is 6. The molecule has 0 fully saturated rings. The van der Waals surface area contributed by atoms with Crippen LogP contribution >= 0.6 is 0 Å². The van der Waals surface area contributed by atoms with E-state index in [1.54, 1.807) is 0 Å². The van der Waals surface area contributed by atoms with Gasteiger partial charge < -0.3 is 15.0 Å². The number of alkyl carbamates (subject to hydrolysis) is 1. The van der Waals surface area contributed by atoms with Crippen LogP contribution in [0.5, 0.6) is 0 Å². The smallest absolute Gasteiger partial charge is 0.408 e. The van der Waals surface area contributed by atoms with Gasteiger partial charge in [-0.15, -0.1) is 0 Å². The van der Waals surface area contributed by atoms with Gasteiger partial charge in [0.15, 0.2) is 0 Å². The summed E-state index contributed by atoms with van der Waals surface area (Å²) in [6, 6.07) is 23.3. The molecule has 0 spiro atoms. The van der Waals surface area contributed by atoms with E-state index < -0.39 is 6.09 Å². The van der Waals surface area contributed by atoms with Crippen LogP contribution in [0.4, 0.5) is 4.79 Å². The third-order valence-corrected chi connectivity index (χ3v) is 4.07. The fourth-order valence-electron chi connectivity index (χ4n) is 2.70. The lowest BCUT2D eigenvalue weighted by Crippen LogP contribution is -2.30. The van der Waals surface area contributed by atoms with E-state index in [9.17, 15) is 4.79 Å². The number of hydrogen-bond acceptors (Lipinski definition) is 2. The molecule has 0 radical (unpaired) electrons. The van der Waals surface area contributed by atoms with E-state index in [4.69, 9.17) is 4.74 Å². The first-order valence-corrected chi connectivity index (χ1v) is 8.46. The summed E-state index contributed by atoms with van der Waals surface area (Å²) < 4.78 is 5.37. The third-order valence-electron chi connectivity index (χ3n) is 4.07. The highest BCUT2D eigenvalue weighted by atomic mass is 16.5. The first-order chi connectivity index (χ1) is 12.3. The van der Waals surface area contributed by atoms with E-state index in [2.05, 4.69) is 17.2 Å². The number of nitrogens with one attached hydrogen (secondary N) is 2. The normalized spacial score (nSPS) is 11.7. The Morgan fingerprint density at radius 3 is 2.32 bits per heavy atom. The van der Waals surface area contributed by atoms with Crippen LogP contribution in [-0.4, -0.2) is 11.1 Å². The molecular formula is C21H22N2O2. The van der Waals surface area contributed by atoms with Crippen LogP contribution in [0.1, 0.15) is 35.5 Å². The Hall–Kier alpha value is -3.01. The maximum absolute atomic E-state index is 12.3. The molecule has 0 saturated heterocycles. The lowest BCUT2D eigenvalue weighted by molar-refractivity contribution is 0.137. The number of hydrogen-bond donors (Lipinski definition) is 2. The van der Waals surface area contributed by atoms with Crippen molar-refractivity contribution in [2.45, 2.75) is 26.0 Å². The van der Waals surface area contributed by atoms with E-state index in [0.29, 0.717) is 0 Å². The van der Waals surface area contributed by atoms with Crippen molar-refractivity contribution in [1.29, 1.82) is 0 Å². The van der Waals surface area contributed by atoms with Crippen molar-refractivity contribution >= 4 is 6.09 Å². The molecule has 2 aromatic carbocycles. The quantitative estimate of drug-likeness (QED) is 0.692. The summed E-state index contributed by atoms with van der Waals surface area (Å²) in [6.45, 7) is 2.34. The average Bonchev–Trinajstić information content (AvgIpc) is 3.15. The highest BCUT2D eigenvalue weighted by Gasteiger charge is 2.19.